The number of nitrogens with one attached hydrogen (secondary N) is 2. The van der Waals surface area contributed by atoms with E-state index in [1.807, 2.05) is 6.07 Å². The zero-order chi connectivity index (χ0) is 16.2. The van der Waals surface area contributed by atoms with Gasteiger partial charge in [0.1, 0.15) is 5.82 Å². The standard InChI is InChI=1S/C17H15FN2O2S/c18-13-4-1-11(2-5-13)10-19-17(22)12-3-6-15-14(9-12)20-16(21)7-8-23-15/h1-6,9H,7-8,10H2,(H,19,22)(H,20,21). The highest BCUT2D eigenvalue weighted by molar-refractivity contribution is 7.99. The molecule has 2 aromatic rings. The molecule has 0 radical (unpaired) electrons. The van der Waals surface area contributed by atoms with Crippen LogP contribution in [-0.2, 0) is 11.3 Å². The summed E-state index contributed by atoms with van der Waals surface area (Å²) in [5.41, 5.74) is 1.97. The summed E-state index contributed by atoms with van der Waals surface area (Å²) in [4.78, 5) is 24.8. The van der Waals surface area contributed by atoms with Gasteiger partial charge in [-0.15, -0.1) is 11.8 Å². The van der Waals surface area contributed by atoms with Crippen molar-refractivity contribution in [2.75, 3.05) is 11.1 Å². The minimum Gasteiger partial charge on any atom is -0.348 e. The fourth-order valence-corrected chi connectivity index (χ4v) is 3.18. The molecule has 0 unspecified atom stereocenters. The Hall–Kier alpha value is -2.34. The Bertz CT molecular complexity index is 747. The molecule has 2 amide bonds. The average molecular weight is 330 g/mol. The van der Waals surface area contributed by atoms with E-state index in [-0.39, 0.29) is 17.6 Å². The van der Waals surface area contributed by atoms with Crippen LogP contribution in [0.4, 0.5) is 10.1 Å². The average Bonchev–Trinajstić information content (AvgIpc) is 2.73. The number of halogens is 1. The third-order valence-electron chi connectivity index (χ3n) is 3.47. The lowest BCUT2D eigenvalue weighted by atomic mass is 10.1. The summed E-state index contributed by atoms with van der Waals surface area (Å²) < 4.78 is 12.9. The number of benzene rings is 2. The van der Waals surface area contributed by atoms with Gasteiger partial charge in [0.2, 0.25) is 5.91 Å². The molecule has 0 fully saturated rings. The third kappa shape index (κ3) is 3.90. The van der Waals surface area contributed by atoms with Crippen molar-refractivity contribution in [3.8, 4) is 0 Å². The lowest BCUT2D eigenvalue weighted by Gasteiger charge is -2.10. The van der Waals surface area contributed by atoms with Crippen LogP contribution < -0.4 is 10.6 Å². The summed E-state index contributed by atoms with van der Waals surface area (Å²) in [5, 5.41) is 5.60. The van der Waals surface area contributed by atoms with Crippen molar-refractivity contribution in [2.45, 2.75) is 17.9 Å². The minimum atomic E-state index is -0.306. The highest BCUT2D eigenvalue weighted by Gasteiger charge is 2.15. The van der Waals surface area contributed by atoms with Crippen molar-refractivity contribution in [3.05, 3.63) is 59.4 Å². The Labute approximate surface area is 137 Å². The number of hydrogen-bond donors (Lipinski definition) is 2. The number of thioether (sulfide) groups is 1. The number of hydrogen-bond acceptors (Lipinski definition) is 3. The van der Waals surface area contributed by atoms with Crippen LogP contribution in [0.2, 0.25) is 0 Å². The second-order valence-electron chi connectivity index (χ2n) is 5.17. The van der Waals surface area contributed by atoms with Crippen LogP contribution in [0.3, 0.4) is 0 Å². The van der Waals surface area contributed by atoms with Crippen LogP contribution in [-0.4, -0.2) is 17.6 Å². The van der Waals surface area contributed by atoms with Crippen molar-refractivity contribution >= 4 is 29.3 Å². The first-order valence-corrected chi connectivity index (χ1v) is 8.20. The fourth-order valence-electron chi connectivity index (χ4n) is 2.25. The van der Waals surface area contributed by atoms with E-state index >= 15 is 0 Å². The second-order valence-corrected chi connectivity index (χ2v) is 6.30. The first kappa shape index (κ1) is 15.6. The largest absolute Gasteiger partial charge is 0.348 e. The fraction of sp³-hybridized carbons (Fsp3) is 0.176. The summed E-state index contributed by atoms with van der Waals surface area (Å²) in [6.07, 6.45) is 0.464. The van der Waals surface area contributed by atoms with E-state index in [0.29, 0.717) is 24.2 Å². The number of carbonyl (C=O) groups is 2. The number of rotatable bonds is 3. The summed E-state index contributed by atoms with van der Waals surface area (Å²) in [6.45, 7) is 0.317. The van der Waals surface area contributed by atoms with E-state index in [0.717, 1.165) is 16.2 Å². The van der Waals surface area contributed by atoms with Crippen molar-refractivity contribution < 1.29 is 14.0 Å². The highest BCUT2D eigenvalue weighted by Crippen LogP contribution is 2.31. The quantitative estimate of drug-likeness (QED) is 0.909. The third-order valence-corrected chi connectivity index (χ3v) is 4.54. The molecular formula is C17H15FN2O2S. The second kappa shape index (κ2) is 6.83. The maximum Gasteiger partial charge on any atom is 0.251 e. The molecule has 23 heavy (non-hydrogen) atoms. The molecule has 1 heterocycles. The Kier molecular flexibility index (Phi) is 4.62. The van der Waals surface area contributed by atoms with Crippen molar-refractivity contribution in [3.63, 3.8) is 0 Å². The molecule has 0 saturated heterocycles. The van der Waals surface area contributed by atoms with Gasteiger partial charge < -0.3 is 10.6 Å². The van der Waals surface area contributed by atoms with E-state index in [4.69, 9.17) is 0 Å². The van der Waals surface area contributed by atoms with E-state index in [1.54, 1.807) is 36.0 Å². The number of fused-ring (bicyclic) bond motifs is 1. The van der Waals surface area contributed by atoms with Crippen LogP contribution >= 0.6 is 11.8 Å². The monoisotopic (exact) mass is 330 g/mol. The predicted molar refractivity (Wildman–Crippen MR) is 88.0 cm³/mol. The summed E-state index contributed by atoms with van der Waals surface area (Å²) in [6, 6.07) is 11.2. The lowest BCUT2D eigenvalue weighted by Crippen LogP contribution is -2.23. The van der Waals surface area contributed by atoms with E-state index in [2.05, 4.69) is 10.6 Å². The summed E-state index contributed by atoms with van der Waals surface area (Å²) >= 11 is 1.59. The molecule has 2 N–H and O–H groups in total. The molecule has 0 saturated carbocycles. The van der Waals surface area contributed by atoms with Crippen LogP contribution in [0.25, 0.3) is 0 Å². The molecule has 3 rings (SSSR count). The van der Waals surface area contributed by atoms with Gasteiger partial charge >= 0.3 is 0 Å². The maximum atomic E-state index is 12.9. The molecule has 6 heteroatoms. The van der Waals surface area contributed by atoms with Crippen molar-refractivity contribution in [2.24, 2.45) is 0 Å². The Morgan fingerprint density at radius 2 is 2.00 bits per heavy atom. The van der Waals surface area contributed by atoms with Gasteiger partial charge in [-0.3, -0.25) is 9.59 Å². The Balaban J connectivity index is 1.70. The minimum absolute atomic E-state index is 0.0416. The first-order chi connectivity index (χ1) is 11.1. The number of amides is 2. The Morgan fingerprint density at radius 3 is 2.78 bits per heavy atom. The van der Waals surface area contributed by atoms with Gasteiger partial charge in [0.15, 0.2) is 0 Å². The van der Waals surface area contributed by atoms with E-state index in [9.17, 15) is 14.0 Å². The lowest BCUT2D eigenvalue weighted by molar-refractivity contribution is -0.115. The van der Waals surface area contributed by atoms with Gasteiger partial charge in [-0.1, -0.05) is 12.1 Å². The first-order valence-electron chi connectivity index (χ1n) is 7.21. The molecule has 0 aliphatic carbocycles. The zero-order valence-electron chi connectivity index (χ0n) is 12.3. The summed E-state index contributed by atoms with van der Waals surface area (Å²) in [5.74, 6) is 0.148. The molecule has 2 aromatic carbocycles. The molecule has 0 bridgehead atoms. The predicted octanol–water partition coefficient (Wildman–Crippen LogP) is 3.19. The molecule has 1 aliphatic heterocycles. The molecular weight excluding hydrogens is 315 g/mol. The SMILES string of the molecule is O=C1CCSc2ccc(C(=O)NCc3ccc(F)cc3)cc2N1. The van der Waals surface area contributed by atoms with Gasteiger partial charge in [0.25, 0.3) is 5.91 Å². The number of carbonyl (C=O) groups excluding carboxylic acids is 2. The van der Waals surface area contributed by atoms with Crippen LogP contribution in [0.1, 0.15) is 22.3 Å². The van der Waals surface area contributed by atoms with Gasteiger partial charge in [-0.2, -0.15) is 0 Å². The molecule has 0 spiro atoms. The molecule has 118 valence electrons. The molecule has 1 aliphatic rings. The summed E-state index contributed by atoms with van der Waals surface area (Å²) in [7, 11) is 0. The highest BCUT2D eigenvalue weighted by atomic mass is 32.2. The normalized spacial score (nSPS) is 13.7. The van der Waals surface area contributed by atoms with E-state index < -0.39 is 0 Å². The van der Waals surface area contributed by atoms with Gasteiger partial charge in [0.05, 0.1) is 5.69 Å². The van der Waals surface area contributed by atoms with Gasteiger partial charge in [-0.05, 0) is 35.9 Å². The molecule has 0 aromatic heterocycles. The van der Waals surface area contributed by atoms with Crippen molar-refractivity contribution in [1.82, 2.24) is 5.32 Å². The van der Waals surface area contributed by atoms with Gasteiger partial charge in [0, 0.05) is 29.2 Å². The molecule has 4 nitrogen and oxygen atoms in total. The topological polar surface area (TPSA) is 58.2 Å². The van der Waals surface area contributed by atoms with Gasteiger partial charge in [-0.25, -0.2) is 4.39 Å². The Morgan fingerprint density at radius 1 is 1.22 bits per heavy atom. The van der Waals surface area contributed by atoms with E-state index in [1.165, 1.54) is 12.1 Å². The zero-order valence-corrected chi connectivity index (χ0v) is 13.1. The van der Waals surface area contributed by atoms with Crippen molar-refractivity contribution in [1.29, 1.82) is 0 Å². The number of anilines is 1. The maximum absolute atomic E-state index is 12.9. The molecule has 0 atom stereocenters. The van der Waals surface area contributed by atoms with Crippen LogP contribution in [0.5, 0.6) is 0 Å². The van der Waals surface area contributed by atoms with Crippen LogP contribution in [0.15, 0.2) is 47.4 Å². The van der Waals surface area contributed by atoms with Crippen LogP contribution in [0, 0.1) is 5.82 Å². The smallest absolute Gasteiger partial charge is 0.251 e.